The van der Waals surface area contributed by atoms with E-state index in [1.54, 1.807) is 0 Å². The summed E-state index contributed by atoms with van der Waals surface area (Å²) in [6, 6.07) is 7.99. The highest BCUT2D eigenvalue weighted by Gasteiger charge is 2.14. The minimum atomic E-state index is -0.0844. The van der Waals surface area contributed by atoms with E-state index in [1.165, 1.54) is 18.5 Å². The maximum atomic E-state index is 11.9. The quantitative estimate of drug-likeness (QED) is 0.868. The summed E-state index contributed by atoms with van der Waals surface area (Å²) in [6.07, 6.45) is 2.91. The molecule has 0 radical (unpaired) electrons. The van der Waals surface area contributed by atoms with Crippen LogP contribution >= 0.6 is 0 Å². The van der Waals surface area contributed by atoms with E-state index in [0.717, 1.165) is 18.8 Å². The maximum absolute atomic E-state index is 11.9. The molecular formula is C16H25N3O. The zero-order chi connectivity index (χ0) is 14.5. The number of benzene rings is 1. The number of carbonyl (C=O) groups is 1. The molecular weight excluding hydrogens is 250 g/mol. The van der Waals surface area contributed by atoms with Crippen molar-refractivity contribution in [2.45, 2.75) is 39.2 Å². The van der Waals surface area contributed by atoms with E-state index < -0.39 is 0 Å². The fourth-order valence-corrected chi connectivity index (χ4v) is 2.39. The highest BCUT2D eigenvalue weighted by atomic mass is 16.1. The van der Waals surface area contributed by atoms with E-state index in [2.05, 4.69) is 22.3 Å². The number of amides is 1. The second kappa shape index (κ2) is 6.75. The lowest BCUT2D eigenvalue weighted by Crippen LogP contribution is -2.31. The highest BCUT2D eigenvalue weighted by molar-refractivity contribution is 5.91. The summed E-state index contributed by atoms with van der Waals surface area (Å²) in [5, 5.41) is 2.91. The van der Waals surface area contributed by atoms with Gasteiger partial charge in [0.25, 0.3) is 0 Å². The Labute approximate surface area is 121 Å². The zero-order valence-electron chi connectivity index (χ0n) is 12.4. The van der Waals surface area contributed by atoms with Crippen molar-refractivity contribution in [2.24, 2.45) is 11.7 Å². The Bertz CT molecular complexity index is 436. The summed E-state index contributed by atoms with van der Waals surface area (Å²) in [5.41, 5.74) is 7.99. The summed E-state index contributed by atoms with van der Waals surface area (Å²) in [6.45, 7) is 6.33. The Balaban J connectivity index is 1.88. The Hall–Kier alpha value is -1.55. The molecule has 1 atom stereocenters. The van der Waals surface area contributed by atoms with Crippen LogP contribution in [0.15, 0.2) is 24.3 Å². The van der Waals surface area contributed by atoms with Gasteiger partial charge in [-0.15, -0.1) is 0 Å². The summed E-state index contributed by atoms with van der Waals surface area (Å²) in [7, 11) is 0. The van der Waals surface area contributed by atoms with Crippen molar-refractivity contribution >= 4 is 17.3 Å². The molecule has 1 aromatic rings. The molecule has 1 unspecified atom stereocenters. The highest BCUT2D eigenvalue weighted by Crippen LogP contribution is 2.22. The van der Waals surface area contributed by atoms with Gasteiger partial charge in [-0.1, -0.05) is 13.8 Å². The lowest BCUT2D eigenvalue weighted by atomic mass is 10.0. The van der Waals surface area contributed by atoms with Crippen LogP contribution < -0.4 is 16.0 Å². The van der Waals surface area contributed by atoms with Crippen molar-refractivity contribution in [2.75, 3.05) is 23.3 Å². The Kier molecular flexibility index (Phi) is 5.01. The van der Waals surface area contributed by atoms with Crippen molar-refractivity contribution in [1.82, 2.24) is 0 Å². The smallest absolute Gasteiger partial charge is 0.225 e. The number of hydrogen-bond donors (Lipinski definition) is 2. The third kappa shape index (κ3) is 3.97. The second-order valence-corrected chi connectivity index (χ2v) is 5.90. The van der Waals surface area contributed by atoms with Gasteiger partial charge >= 0.3 is 0 Å². The standard InChI is InChI=1S/C16H25N3O/c1-12(2)15(17)11-16(20)18-13-5-7-14(8-6-13)19-9-3-4-10-19/h5-8,12,15H,3-4,9-11,17H2,1-2H3,(H,18,20). The predicted molar refractivity (Wildman–Crippen MR) is 83.9 cm³/mol. The van der Waals surface area contributed by atoms with Crippen LogP contribution in [0.4, 0.5) is 11.4 Å². The Morgan fingerprint density at radius 1 is 1.25 bits per heavy atom. The van der Waals surface area contributed by atoms with Crippen molar-refractivity contribution in [3.63, 3.8) is 0 Å². The topological polar surface area (TPSA) is 58.4 Å². The molecule has 0 saturated carbocycles. The summed E-state index contributed by atoms with van der Waals surface area (Å²) in [4.78, 5) is 14.2. The molecule has 20 heavy (non-hydrogen) atoms. The van der Waals surface area contributed by atoms with Gasteiger partial charge in [-0.3, -0.25) is 4.79 Å². The van der Waals surface area contributed by atoms with E-state index in [-0.39, 0.29) is 11.9 Å². The van der Waals surface area contributed by atoms with Crippen LogP contribution in [0.1, 0.15) is 33.1 Å². The largest absolute Gasteiger partial charge is 0.372 e. The predicted octanol–water partition coefficient (Wildman–Crippen LogP) is 2.60. The molecule has 0 bridgehead atoms. The Morgan fingerprint density at radius 3 is 2.40 bits per heavy atom. The fraction of sp³-hybridized carbons (Fsp3) is 0.562. The number of anilines is 2. The van der Waals surface area contributed by atoms with Crippen molar-refractivity contribution < 1.29 is 4.79 Å². The van der Waals surface area contributed by atoms with Gasteiger partial charge in [-0.2, -0.15) is 0 Å². The minimum Gasteiger partial charge on any atom is -0.372 e. The number of nitrogens with zero attached hydrogens (tertiary/aromatic N) is 1. The molecule has 0 spiro atoms. The molecule has 4 nitrogen and oxygen atoms in total. The van der Waals surface area contributed by atoms with Crippen molar-refractivity contribution in [1.29, 1.82) is 0 Å². The molecule has 1 amide bonds. The van der Waals surface area contributed by atoms with Crippen LogP contribution in [0.25, 0.3) is 0 Å². The molecule has 0 aromatic heterocycles. The van der Waals surface area contributed by atoms with E-state index in [9.17, 15) is 4.79 Å². The van der Waals surface area contributed by atoms with Gasteiger partial charge in [0, 0.05) is 36.9 Å². The van der Waals surface area contributed by atoms with Gasteiger partial charge in [-0.05, 0) is 43.0 Å². The van der Waals surface area contributed by atoms with Gasteiger partial charge in [-0.25, -0.2) is 0 Å². The number of carbonyl (C=O) groups excluding carboxylic acids is 1. The van der Waals surface area contributed by atoms with Crippen LogP contribution in [-0.4, -0.2) is 25.0 Å². The third-order valence-corrected chi connectivity index (χ3v) is 3.90. The van der Waals surface area contributed by atoms with Crippen molar-refractivity contribution in [3.05, 3.63) is 24.3 Å². The van der Waals surface area contributed by atoms with E-state index in [4.69, 9.17) is 5.73 Å². The average molecular weight is 275 g/mol. The first-order chi connectivity index (χ1) is 9.56. The number of nitrogens with one attached hydrogen (secondary N) is 1. The van der Waals surface area contributed by atoms with Crippen LogP contribution in [-0.2, 0) is 4.79 Å². The lowest BCUT2D eigenvalue weighted by molar-refractivity contribution is -0.116. The molecule has 1 fully saturated rings. The van der Waals surface area contributed by atoms with Gasteiger partial charge in [0.05, 0.1) is 0 Å². The monoisotopic (exact) mass is 275 g/mol. The fourth-order valence-electron chi connectivity index (χ4n) is 2.39. The van der Waals surface area contributed by atoms with E-state index >= 15 is 0 Å². The maximum Gasteiger partial charge on any atom is 0.225 e. The molecule has 1 aliphatic heterocycles. The molecule has 1 heterocycles. The number of rotatable bonds is 5. The van der Waals surface area contributed by atoms with E-state index in [0.29, 0.717) is 12.3 Å². The van der Waals surface area contributed by atoms with E-state index in [1.807, 2.05) is 26.0 Å². The van der Waals surface area contributed by atoms with Gasteiger partial charge in [0.15, 0.2) is 0 Å². The Morgan fingerprint density at radius 2 is 1.85 bits per heavy atom. The van der Waals surface area contributed by atoms with Crippen LogP contribution in [0.2, 0.25) is 0 Å². The van der Waals surface area contributed by atoms with Gasteiger partial charge < -0.3 is 16.0 Å². The molecule has 2 rings (SSSR count). The molecule has 1 aromatic carbocycles. The summed E-state index contributed by atoms with van der Waals surface area (Å²) < 4.78 is 0. The molecule has 110 valence electrons. The normalized spacial score (nSPS) is 16.5. The van der Waals surface area contributed by atoms with Gasteiger partial charge in [0.1, 0.15) is 0 Å². The molecule has 1 saturated heterocycles. The van der Waals surface area contributed by atoms with Crippen LogP contribution in [0, 0.1) is 5.92 Å². The van der Waals surface area contributed by atoms with Gasteiger partial charge in [0.2, 0.25) is 5.91 Å². The van der Waals surface area contributed by atoms with Crippen molar-refractivity contribution in [3.8, 4) is 0 Å². The SMILES string of the molecule is CC(C)C(N)CC(=O)Nc1ccc(N2CCCC2)cc1. The molecule has 1 aliphatic rings. The first kappa shape index (κ1) is 14.9. The number of hydrogen-bond acceptors (Lipinski definition) is 3. The zero-order valence-corrected chi connectivity index (χ0v) is 12.4. The molecule has 3 N–H and O–H groups in total. The summed E-state index contributed by atoms with van der Waals surface area (Å²) >= 11 is 0. The molecule has 0 aliphatic carbocycles. The summed E-state index contributed by atoms with van der Waals surface area (Å²) in [5.74, 6) is 0.304. The third-order valence-electron chi connectivity index (χ3n) is 3.90. The first-order valence-electron chi connectivity index (χ1n) is 7.46. The first-order valence-corrected chi connectivity index (χ1v) is 7.46. The van der Waals surface area contributed by atoms with Crippen LogP contribution in [0.3, 0.4) is 0 Å². The number of nitrogens with two attached hydrogens (primary N) is 1. The lowest BCUT2D eigenvalue weighted by Gasteiger charge is -2.18. The van der Waals surface area contributed by atoms with Crippen LogP contribution in [0.5, 0.6) is 0 Å². The minimum absolute atomic E-state index is 0.0138. The average Bonchev–Trinajstić information content (AvgIpc) is 2.93. The second-order valence-electron chi connectivity index (χ2n) is 5.90. The molecule has 4 heteroatoms.